The van der Waals surface area contributed by atoms with Crippen LogP contribution in [0, 0.1) is 0 Å². The fraction of sp³-hybridized carbons (Fsp3) is 0.500. The lowest BCUT2D eigenvalue weighted by molar-refractivity contribution is -0.163. The van der Waals surface area contributed by atoms with Gasteiger partial charge in [0.15, 0.2) is 16.1 Å². The molecule has 2 unspecified atom stereocenters. The van der Waals surface area contributed by atoms with Gasteiger partial charge in [0.05, 0.1) is 18.0 Å². The normalized spacial score (nSPS) is 14.3. The molecule has 0 aliphatic carbocycles. The number of hydrogen-bond donors (Lipinski definition) is 3. The zero-order chi connectivity index (χ0) is 32.4. The molecule has 0 saturated heterocycles. The summed E-state index contributed by atoms with van der Waals surface area (Å²) in [4.78, 5) is 26.2. The molecule has 0 spiro atoms. The standard InChI is InChI=1S/C28H41ClN4O8S2/c1-6-40-25(41-7-2)18-33(20(3)4)26(34)24(17-21-13-15-22(29)16-14-21)32-27(35)28(30,42(5,36)37)19-31-43(38,39)23-11-9-8-10-12-23/h8-16,20,24-25,31H,6-7,17-19,30H2,1-5H3,(H,32,35). The van der Waals surface area contributed by atoms with Gasteiger partial charge in [-0.15, -0.1) is 0 Å². The number of rotatable bonds is 17. The fourth-order valence-corrected chi connectivity index (χ4v) is 6.09. The highest BCUT2D eigenvalue weighted by atomic mass is 35.5. The van der Waals surface area contributed by atoms with Gasteiger partial charge in [0.2, 0.25) is 20.8 Å². The Morgan fingerprint density at radius 1 is 0.977 bits per heavy atom. The van der Waals surface area contributed by atoms with Crippen LogP contribution in [-0.4, -0.2) is 89.4 Å². The van der Waals surface area contributed by atoms with Crippen LogP contribution in [0.1, 0.15) is 33.3 Å². The Hall–Kier alpha value is -2.59. The van der Waals surface area contributed by atoms with Crippen LogP contribution in [0.5, 0.6) is 0 Å². The second kappa shape index (κ2) is 15.9. The quantitative estimate of drug-likeness (QED) is 0.213. The van der Waals surface area contributed by atoms with Crippen molar-refractivity contribution in [1.29, 1.82) is 0 Å². The maximum atomic E-state index is 14.0. The van der Waals surface area contributed by atoms with Crippen LogP contribution in [0.2, 0.25) is 5.02 Å². The highest BCUT2D eigenvalue weighted by Crippen LogP contribution is 2.17. The molecular formula is C28H41ClN4O8S2. The molecule has 15 heteroatoms. The first-order chi connectivity index (χ1) is 20.1. The van der Waals surface area contributed by atoms with Crippen LogP contribution in [0.4, 0.5) is 0 Å². The third-order valence-electron chi connectivity index (χ3n) is 6.54. The Labute approximate surface area is 259 Å². The van der Waals surface area contributed by atoms with Crippen molar-refractivity contribution in [3.8, 4) is 0 Å². The molecule has 0 aromatic heterocycles. The van der Waals surface area contributed by atoms with Crippen LogP contribution in [-0.2, 0) is 45.3 Å². The smallest absolute Gasteiger partial charge is 0.257 e. The van der Waals surface area contributed by atoms with Crippen molar-refractivity contribution in [2.45, 2.75) is 62.3 Å². The first-order valence-electron chi connectivity index (χ1n) is 13.7. The third kappa shape index (κ3) is 10.2. The first-order valence-corrected chi connectivity index (χ1v) is 17.4. The fourth-order valence-electron chi connectivity index (χ4n) is 4.04. The van der Waals surface area contributed by atoms with E-state index in [1.807, 2.05) is 0 Å². The minimum Gasteiger partial charge on any atom is -0.351 e. The van der Waals surface area contributed by atoms with Gasteiger partial charge in [0.25, 0.3) is 5.91 Å². The molecule has 240 valence electrons. The molecule has 2 rings (SSSR count). The first kappa shape index (κ1) is 36.6. The van der Waals surface area contributed by atoms with E-state index < -0.39 is 55.4 Å². The van der Waals surface area contributed by atoms with Crippen LogP contribution in [0.3, 0.4) is 0 Å². The highest BCUT2D eigenvalue weighted by molar-refractivity contribution is 7.93. The number of sulfone groups is 1. The molecule has 0 saturated carbocycles. The van der Waals surface area contributed by atoms with Crippen LogP contribution >= 0.6 is 11.6 Å². The van der Waals surface area contributed by atoms with Gasteiger partial charge in [0, 0.05) is 37.0 Å². The molecule has 2 aromatic carbocycles. The summed E-state index contributed by atoms with van der Waals surface area (Å²) in [6.07, 6.45) is -0.0754. The molecule has 0 aliphatic heterocycles. The lowest BCUT2D eigenvalue weighted by Crippen LogP contribution is -2.67. The number of ether oxygens (including phenoxy) is 2. The van der Waals surface area contributed by atoms with Crippen LogP contribution < -0.4 is 15.8 Å². The molecule has 43 heavy (non-hydrogen) atoms. The Kier molecular flexibility index (Phi) is 13.6. The Bertz CT molecular complexity index is 1420. The third-order valence-corrected chi connectivity index (χ3v) is 9.86. The van der Waals surface area contributed by atoms with E-state index >= 15 is 0 Å². The molecule has 2 atom stereocenters. The van der Waals surface area contributed by atoms with Crippen molar-refractivity contribution in [1.82, 2.24) is 14.9 Å². The highest BCUT2D eigenvalue weighted by Gasteiger charge is 2.47. The molecule has 2 aromatic rings. The van der Waals surface area contributed by atoms with Gasteiger partial charge in [-0.05, 0) is 57.5 Å². The summed E-state index contributed by atoms with van der Waals surface area (Å²) in [7, 11) is -8.66. The molecule has 2 amide bonds. The summed E-state index contributed by atoms with van der Waals surface area (Å²) in [6, 6.07) is 12.1. The molecule has 12 nitrogen and oxygen atoms in total. The van der Waals surface area contributed by atoms with Crippen molar-refractivity contribution >= 4 is 43.3 Å². The minimum atomic E-state index is -4.43. The second-order valence-corrected chi connectivity index (χ2v) is 14.6. The number of nitrogens with one attached hydrogen (secondary N) is 2. The summed E-state index contributed by atoms with van der Waals surface area (Å²) >= 11 is 6.02. The second-order valence-electron chi connectivity index (χ2n) is 10.1. The number of halogens is 1. The Morgan fingerprint density at radius 3 is 2.02 bits per heavy atom. The maximum Gasteiger partial charge on any atom is 0.257 e. The SMILES string of the molecule is CCOC(CN(C(=O)C(Cc1ccc(Cl)cc1)NC(=O)C(N)(CNS(=O)(=O)c1ccccc1)S(C)(=O)=O)C(C)C)OCC. The zero-order valence-electron chi connectivity index (χ0n) is 24.9. The lowest BCUT2D eigenvalue weighted by atomic mass is 10.0. The summed E-state index contributed by atoms with van der Waals surface area (Å²) in [5.74, 6) is -1.81. The number of nitrogens with zero attached hydrogens (tertiary/aromatic N) is 1. The largest absolute Gasteiger partial charge is 0.351 e. The number of nitrogens with two attached hydrogens (primary N) is 1. The van der Waals surface area contributed by atoms with Gasteiger partial charge in [-0.3, -0.25) is 9.59 Å². The zero-order valence-corrected chi connectivity index (χ0v) is 27.3. The van der Waals surface area contributed by atoms with Gasteiger partial charge in [0.1, 0.15) is 6.04 Å². The van der Waals surface area contributed by atoms with E-state index in [0.717, 1.165) is 0 Å². The minimum absolute atomic E-state index is 0.0297. The number of hydrogen-bond acceptors (Lipinski definition) is 9. The summed E-state index contributed by atoms with van der Waals surface area (Å²) in [5, 5.41) is 2.95. The average molecular weight is 661 g/mol. The van der Waals surface area contributed by atoms with Crippen LogP contribution in [0.25, 0.3) is 0 Å². The number of benzene rings is 2. The molecular weight excluding hydrogens is 620 g/mol. The topological polar surface area (TPSA) is 174 Å². The van der Waals surface area contributed by atoms with Gasteiger partial charge in [-0.1, -0.05) is 41.9 Å². The van der Waals surface area contributed by atoms with Crippen molar-refractivity contribution < 1.29 is 35.9 Å². The van der Waals surface area contributed by atoms with E-state index in [2.05, 4.69) is 10.0 Å². The lowest BCUT2D eigenvalue weighted by Gasteiger charge is -2.35. The van der Waals surface area contributed by atoms with E-state index in [0.29, 0.717) is 30.1 Å². The van der Waals surface area contributed by atoms with E-state index in [1.54, 1.807) is 58.0 Å². The average Bonchev–Trinajstić information content (AvgIpc) is 2.94. The van der Waals surface area contributed by atoms with Crippen molar-refractivity contribution in [3.05, 3.63) is 65.2 Å². The summed E-state index contributed by atoms with van der Waals surface area (Å²) < 4.78 is 64.7. The van der Waals surface area contributed by atoms with Crippen LogP contribution in [0.15, 0.2) is 59.5 Å². The Morgan fingerprint density at radius 2 is 1.53 bits per heavy atom. The van der Waals surface area contributed by atoms with E-state index in [-0.39, 0.29) is 23.9 Å². The summed E-state index contributed by atoms with van der Waals surface area (Å²) in [6.45, 7) is 6.83. The van der Waals surface area contributed by atoms with Crippen molar-refractivity contribution in [2.75, 3.05) is 32.6 Å². The Balaban J connectivity index is 2.45. The maximum absolute atomic E-state index is 14.0. The van der Waals surface area contributed by atoms with E-state index in [1.165, 1.54) is 29.2 Å². The van der Waals surface area contributed by atoms with Gasteiger partial charge >= 0.3 is 0 Å². The number of amides is 2. The van der Waals surface area contributed by atoms with E-state index in [9.17, 15) is 26.4 Å². The van der Waals surface area contributed by atoms with Crippen molar-refractivity contribution in [3.63, 3.8) is 0 Å². The summed E-state index contributed by atoms with van der Waals surface area (Å²) in [5.41, 5.74) is 6.77. The predicted octanol–water partition coefficient (Wildman–Crippen LogP) is 1.68. The number of carbonyl (C=O) groups is 2. The molecule has 0 bridgehead atoms. The monoisotopic (exact) mass is 660 g/mol. The molecule has 0 radical (unpaired) electrons. The van der Waals surface area contributed by atoms with Gasteiger partial charge in [-0.25, -0.2) is 21.6 Å². The van der Waals surface area contributed by atoms with Gasteiger partial charge < -0.3 is 25.4 Å². The number of sulfonamides is 1. The molecule has 0 fully saturated rings. The molecule has 0 aliphatic rings. The molecule has 4 N–H and O–H groups in total. The molecule has 0 heterocycles. The predicted molar refractivity (Wildman–Crippen MR) is 164 cm³/mol. The van der Waals surface area contributed by atoms with Crippen molar-refractivity contribution in [2.24, 2.45) is 5.73 Å². The van der Waals surface area contributed by atoms with Gasteiger partial charge in [-0.2, -0.15) is 0 Å². The number of carbonyl (C=O) groups excluding carboxylic acids is 2. The van der Waals surface area contributed by atoms with E-state index in [4.69, 9.17) is 26.8 Å².